The molecular weight excluding hydrogens is 590 g/mol. The van der Waals surface area contributed by atoms with Gasteiger partial charge in [0.2, 0.25) is 0 Å². The number of sulfone groups is 2. The second kappa shape index (κ2) is 10.6. The Morgan fingerprint density at radius 1 is 1.00 bits per heavy atom. The summed E-state index contributed by atoms with van der Waals surface area (Å²) in [6.07, 6.45) is -0.657. The minimum atomic E-state index is -4.43. The summed E-state index contributed by atoms with van der Waals surface area (Å²) >= 11 is 5.93. The first-order valence-electron chi connectivity index (χ1n) is 11.5. The number of rotatable bonds is 9. The average molecular weight is 615 g/mol. The summed E-state index contributed by atoms with van der Waals surface area (Å²) < 4.78 is 120. The normalized spacial score (nSPS) is 23.8. The molecular formula is C23H25ClF2O9S3. The van der Waals surface area contributed by atoms with E-state index in [4.69, 9.17) is 21.1 Å². The topological polar surface area (TPSA) is 130 Å². The molecule has 0 radical (unpaired) electrons. The zero-order valence-electron chi connectivity index (χ0n) is 20.1. The lowest BCUT2D eigenvalue weighted by Gasteiger charge is -2.50. The standard InChI is InChI=1S/C23H25ClF2O9S3/c1-36(27,28)35-11-13-37(29,30)12-8-20-17-14-34-22-19(26)7-6-18(25)21(22)23(17,9-10-33-20)38(31,32)16-4-2-15(24)3-5-16/h2-7,17,20H,8-14H2,1H3/t17-,20-,23-/m0/s1. The molecule has 0 N–H and O–H groups in total. The Labute approximate surface area is 225 Å². The molecule has 15 heteroatoms. The van der Waals surface area contributed by atoms with Gasteiger partial charge < -0.3 is 9.47 Å². The number of hydrogen-bond acceptors (Lipinski definition) is 9. The van der Waals surface area contributed by atoms with Crippen molar-refractivity contribution in [2.45, 2.75) is 28.6 Å². The van der Waals surface area contributed by atoms with Gasteiger partial charge in [0.15, 0.2) is 31.2 Å². The number of fused-ring (bicyclic) bond motifs is 3. The molecule has 1 saturated heterocycles. The molecule has 1 fully saturated rings. The first-order chi connectivity index (χ1) is 17.7. The van der Waals surface area contributed by atoms with Crippen LogP contribution in [0.3, 0.4) is 0 Å². The summed E-state index contributed by atoms with van der Waals surface area (Å²) in [5.74, 6) is -4.59. The van der Waals surface area contributed by atoms with Crippen LogP contribution in [0.25, 0.3) is 0 Å². The van der Waals surface area contributed by atoms with Crippen molar-refractivity contribution in [3.05, 3.63) is 58.6 Å². The van der Waals surface area contributed by atoms with Gasteiger partial charge in [-0.15, -0.1) is 0 Å². The SMILES string of the molecule is CS(=O)(=O)OCCS(=O)(=O)CC[C@@H]1OCC[C@@]2(S(=O)(=O)c3ccc(Cl)cc3)c3c(F)ccc(F)c3OC[C@@H]12. The number of ether oxygens (including phenoxy) is 2. The second-order valence-corrected chi connectivity index (χ2v) is 15.7. The first-order valence-corrected chi connectivity index (χ1v) is 17.0. The fourth-order valence-corrected chi connectivity index (χ4v) is 9.14. The highest BCUT2D eigenvalue weighted by molar-refractivity contribution is 7.92. The molecule has 4 rings (SSSR count). The number of halogens is 3. The molecule has 210 valence electrons. The van der Waals surface area contributed by atoms with Gasteiger partial charge in [0.05, 0.1) is 47.5 Å². The van der Waals surface area contributed by atoms with Gasteiger partial charge >= 0.3 is 0 Å². The van der Waals surface area contributed by atoms with Crippen molar-refractivity contribution >= 4 is 41.4 Å². The van der Waals surface area contributed by atoms with Crippen LogP contribution < -0.4 is 4.74 Å². The van der Waals surface area contributed by atoms with E-state index in [0.717, 1.165) is 18.4 Å². The first kappa shape index (κ1) is 29.2. The maximum atomic E-state index is 15.4. The van der Waals surface area contributed by atoms with Crippen LogP contribution in [0.5, 0.6) is 5.75 Å². The highest BCUT2D eigenvalue weighted by Gasteiger charge is 2.61. The molecule has 0 aliphatic carbocycles. The van der Waals surface area contributed by atoms with Gasteiger partial charge in [0.1, 0.15) is 10.6 Å². The van der Waals surface area contributed by atoms with Crippen molar-refractivity contribution in [3.63, 3.8) is 0 Å². The Morgan fingerprint density at radius 2 is 1.66 bits per heavy atom. The lowest BCUT2D eigenvalue weighted by atomic mass is 9.75. The minimum Gasteiger partial charge on any atom is -0.490 e. The van der Waals surface area contributed by atoms with E-state index in [9.17, 15) is 29.6 Å². The molecule has 2 heterocycles. The zero-order chi connectivity index (χ0) is 27.9. The van der Waals surface area contributed by atoms with E-state index < -0.39 is 87.6 Å². The van der Waals surface area contributed by atoms with Crippen molar-refractivity contribution in [1.82, 2.24) is 0 Å². The van der Waals surface area contributed by atoms with Gasteiger partial charge in [-0.05, 0) is 49.2 Å². The third-order valence-corrected chi connectivity index (χ3v) is 11.8. The van der Waals surface area contributed by atoms with Crippen molar-refractivity contribution in [2.75, 3.05) is 37.6 Å². The Morgan fingerprint density at radius 3 is 2.32 bits per heavy atom. The van der Waals surface area contributed by atoms with Crippen molar-refractivity contribution < 1.29 is 47.7 Å². The van der Waals surface area contributed by atoms with E-state index in [1.807, 2.05) is 0 Å². The summed E-state index contributed by atoms with van der Waals surface area (Å²) in [6.45, 7) is -1.13. The zero-order valence-corrected chi connectivity index (χ0v) is 23.3. The van der Waals surface area contributed by atoms with Gasteiger partial charge in [-0.1, -0.05) is 11.6 Å². The van der Waals surface area contributed by atoms with Crippen LogP contribution in [0.4, 0.5) is 8.78 Å². The maximum absolute atomic E-state index is 15.4. The van der Waals surface area contributed by atoms with Gasteiger partial charge in [0.25, 0.3) is 10.1 Å². The molecule has 38 heavy (non-hydrogen) atoms. The smallest absolute Gasteiger partial charge is 0.264 e. The molecule has 0 unspecified atom stereocenters. The molecule has 0 aromatic heterocycles. The molecule has 0 amide bonds. The fraction of sp³-hybridized carbons (Fsp3) is 0.478. The van der Waals surface area contributed by atoms with E-state index in [0.29, 0.717) is 0 Å². The molecule has 0 bridgehead atoms. The quantitative estimate of drug-likeness (QED) is 0.391. The van der Waals surface area contributed by atoms with Gasteiger partial charge in [0, 0.05) is 17.5 Å². The van der Waals surface area contributed by atoms with E-state index in [-0.39, 0.29) is 36.0 Å². The van der Waals surface area contributed by atoms with Crippen LogP contribution in [-0.4, -0.2) is 68.9 Å². The largest absolute Gasteiger partial charge is 0.490 e. The lowest BCUT2D eigenvalue weighted by Crippen LogP contribution is -2.57. The highest BCUT2D eigenvalue weighted by atomic mass is 35.5. The van der Waals surface area contributed by atoms with Crippen molar-refractivity contribution in [2.24, 2.45) is 5.92 Å². The van der Waals surface area contributed by atoms with Crippen LogP contribution in [0.15, 0.2) is 41.3 Å². The Hall–Kier alpha value is -1.84. The van der Waals surface area contributed by atoms with Gasteiger partial charge in [-0.2, -0.15) is 8.42 Å². The summed E-state index contributed by atoms with van der Waals surface area (Å²) in [4.78, 5) is -0.172. The number of benzene rings is 2. The van der Waals surface area contributed by atoms with E-state index in [2.05, 4.69) is 4.18 Å². The summed E-state index contributed by atoms with van der Waals surface area (Å²) in [6, 6.07) is 6.95. The molecule has 0 spiro atoms. The van der Waals surface area contributed by atoms with Gasteiger partial charge in [-0.25, -0.2) is 25.6 Å². The second-order valence-electron chi connectivity index (χ2n) is 9.12. The Kier molecular flexibility index (Phi) is 8.15. The number of hydrogen-bond donors (Lipinski definition) is 0. The maximum Gasteiger partial charge on any atom is 0.264 e. The molecule has 0 saturated carbocycles. The summed E-state index contributed by atoms with van der Waals surface area (Å²) in [5, 5.41) is 0.275. The fourth-order valence-electron chi connectivity index (χ4n) is 5.04. The van der Waals surface area contributed by atoms with Crippen LogP contribution in [0, 0.1) is 17.6 Å². The van der Waals surface area contributed by atoms with Crippen LogP contribution in [-0.2, 0) is 43.5 Å². The molecule has 2 aromatic carbocycles. The van der Waals surface area contributed by atoms with Crippen LogP contribution in [0.1, 0.15) is 18.4 Å². The molecule has 2 aliphatic heterocycles. The lowest BCUT2D eigenvalue weighted by molar-refractivity contribution is -0.0732. The summed E-state index contributed by atoms with van der Waals surface area (Å²) in [7, 11) is -12.1. The third-order valence-electron chi connectivity index (χ3n) is 6.75. The minimum absolute atomic E-state index is 0.172. The van der Waals surface area contributed by atoms with Crippen LogP contribution in [0.2, 0.25) is 5.02 Å². The average Bonchev–Trinajstić information content (AvgIpc) is 2.83. The third kappa shape index (κ3) is 5.56. The predicted molar refractivity (Wildman–Crippen MR) is 134 cm³/mol. The predicted octanol–water partition coefficient (Wildman–Crippen LogP) is 2.87. The van der Waals surface area contributed by atoms with Crippen LogP contribution >= 0.6 is 11.6 Å². The van der Waals surface area contributed by atoms with E-state index in [1.165, 1.54) is 24.3 Å². The Bertz CT molecular complexity index is 1530. The van der Waals surface area contributed by atoms with Crippen molar-refractivity contribution in [1.29, 1.82) is 0 Å². The van der Waals surface area contributed by atoms with E-state index in [1.54, 1.807) is 0 Å². The Balaban J connectivity index is 1.74. The monoisotopic (exact) mass is 614 g/mol. The summed E-state index contributed by atoms with van der Waals surface area (Å²) in [5.41, 5.74) is -0.457. The molecule has 9 nitrogen and oxygen atoms in total. The molecule has 3 atom stereocenters. The highest BCUT2D eigenvalue weighted by Crippen LogP contribution is 2.55. The molecule has 2 aromatic rings. The molecule has 2 aliphatic rings. The van der Waals surface area contributed by atoms with Gasteiger partial charge in [-0.3, -0.25) is 4.18 Å². The van der Waals surface area contributed by atoms with E-state index >= 15 is 4.39 Å². The van der Waals surface area contributed by atoms with Crippen molar-refractivity contribution in [3.8, 4) is 5.75 Å².